The third kappa shape index (κ3) is 2.40. The third-order valence-electron chi connectivity index (χ3n) is 3.97. The lowest BCUT2D eigenvalue weighted by atomic mass is 10.1. The van der Waals surface area contributed by atoms with E-state index in [-0.39, 0.29) is 35.1 Å². The lowest BCUT2D eigenvalue weighted by Crippen LogP contribution is -2.22. The zero-order chi connectivity index (χ0) is 16.9. The van der Waals surface area contributed by atoms with E-state index in [9.17, 15) is 22.8 Å². The number of carbonyl (C=O) groups is 1. The molecule has 0 aliphatic heterocycles. The Morgan fingerprint density at radius 1 is 1.43 bits per heavy atom. The van der Waals surface area contributed by atoms with E-state index in [1.54, 1.807) is 6.92 Å². The Hall–Kier alpha value is -2.31. The molecule has 1 aromatic heterocycles. The maximum absolute atomic E-state index is 13.9. The first kappa shape index (κ1) is 15.6. The van der Waals surface area contributed by atoms with E-state index in [0.29, 0.717) is 0 Å². The minimum absolute atomic E-state index is 0.0578. The smallest absolute Gasteiger partial charge is 0.343 e. The summed E-state index contributed by atoms with van der Waals surface area (Å²) in [5, 5.41) is -0.161. The molecule has 0 unspecified atom stereocenters. The summed E-state index contributed by atoms with van der Waals surface area (Å²) in [5.41, 5.74) is -1.06. The fourth-order valence-corrected chi connectivity index (χ4v) is 2.71. The number of ether oxygens (including phenoxy) is 1. The molecule has 0 amide bonds. The number of benzene rings is 1. The van der Waals surface area contributed by atoms with Crippen LogP contribution in [0, 0.1) is 18.6 Å². The number of hydrogen-bond acceptors (Lipinski definition) is 3. The van der Waals surface area contributed by atoms with Gasteiger partial charge in [0.25, 0.3) is 0 Å². The van der Waals surface area contributed by atoms with Crippen LogP contribution in [-0.4, -0.2) is 23.3 Å². The van der Waals surface area contributed by atoms with Gasteiger partial charge in [0, 0.05) is 23.6 Å². The number of esters is 1. The van der Waals surface area contributed by atoms with Crippen LogP contribution in [-0.2, 0) is 4.74 Å². The predicted molar refractivity (Wildman–Crippen MR) is 77.4 cm³/mol. The Kier molecular flexibility index (Phi) is 3.66. The van der Waals surface area contributed by atoms with Crippen LogP contribution >= 0.6 is 0 Å². The summed E-state index contributed by atoms with van der Waals surface area (Å²) in [6.07, 6.45) is 0.221. The topological polar surface area (TPSA) is 48.3 Å². The number of nitrogens with zero attached hydrogens (tertiary/aromatic N) is 1. The summed E-state index contributed by atoms with van der Waals surface area (Å²) < 4.78 is 47.2. The Bertz CT molecular complexity index is 875. The van der Waals surface area contributed by atoms with Gasteiger partial charge in [-0.15, -0.1) is 0 Å². The fraction of sp³-hybridized carbons (Fsp3) is 0.375. The standard InChI is InChI=1S/C16H14F3NO3/c1-3-23-16(22)9-6-20(12-5-10(12)17)14-7(2)13(19)11(18)4-8(14)15(9)21/h4,6,10,12H,3,5H2,1-2H3/t10-,12-/m1/s1. The van der Waals surface area contributed by atoms with Crippen LogP contribution in [0.25, 0.3) is 10.9 Å². The lowest BCUT2D eigenvalue weighted by Gasteiger charge is -2.15. The van der Waals surface area contributed by atoms with E-state index in [1.165, 1.54) is 17.7 Å². The summed E-state index contributed by atoms with van der Waals surface area (Å²) >= 11 is 0. The van der Waals surface area contributed by atoms with Gasteiger partial charge in [-0.3, -0.25) is 4.79 Å². The molecule has 1 aliphatic rings. The Morgan fingerprint density at radius 2 is 2.09 bits per heavy atom. The highest BCUT2D eigenvalue weighted by atomic mass is 19.2. The summed E-state index contributed by atoms with van der Waals surface area (Å²) in [4.78, 5) is 24.4. The van der Waals surface area contributed by atoms with Gasteiger partial charge in [-0.1, -0.05) is 0 Å². The number of pyridine rings is 1. The van der Waals surface area contributed by atoms with E-state index in [2.05, 4.69) is 0 Å². The molecular weight excluding hydrogens is 311 g/mol. The molecule has 1 heterocycles. The van der Waals surface area contributed by atoms with Gasteiger partial charge in [-0.2, -0.15) is 0 Å². The minimum Gasteiger partial charge on any atom is -0.462 e. The highest BCUT2D eigenvalue weighted by Gasteiger charge is 2.40. The zero-order valence-electron chi connectivity index (χ0n) is 12.5. The van der Waals surface area contributed by atoms with Gasteiger partial charge in [0.2, 0.25) is 5.43 Å². The van der Waals surface area contributed by atoms with Gasteiger partial charge in [0.15, 0.2) is 11.6 Å². The molecule has 4 nitrogen and oxygen atoms in total. The SMILES string of the molecule is CCOC(=O)c1cn([C@@H]2C[C@H]2F)c2c(C)c(F)c(F)cc2c1=O. The molecule has 7 heteroatoms. The number of halogens is 3. The van der Waals surface area contributed by atoms with Crippen molar-refractivity contribution >= 4 is 16.9 Å². The van der Waals surface area contributed by atoms with Crippen molar-refractivity contribution in [2.45, 2.75) is 32.5 Å². The first-order valence-corrected chi connectivity index (χ1v) is 7.21. The van der Waals surface area contributed by atoms with Gasteiger partial charge in [-0.05, 0) is 19.9 Å². The predicted octanol–water partition coefficient (Wildman–Crippen LogP) is 3.05. The molecule has 122 valence electrons. The van der Waals surface area contributed by atoms with Crippen molar-refractivity contribution in [3.8, 4) is 0 Å². The molecule has 1 saturated carbocycles. The normalized spacial score (nSPS) is 19.9. The number of fused-ring (bicyclic) bond motifs is 1. The second-order valence-electron chi connectivity index (χ2n) is 5.51. The molecule has 0 spiro atoms. The van der Waals surface area contributed by atoms with Crippen molar-refractivity contribution < 1.29 is 22.7 Å². The highest BCUT2D eigenvalue weighted by Crippen LogP contribution is 2.41. The molecule has 1 fully saturated rings. The first-order chi connectivity index (χ1) is 10.9. The monoisotopic (exact) mass is 325 g/mol. The van der Waals surface area contributed by atoms with Gasteiger partial charge >= 0.3 is 5.97 Å². The average Bonchev–Trinajstić information content (AvgIpc) is 3.23. The number of aromatic nitrogens is 1. The van der Waals surface area contributed by atoms with E-state index in [1.807, 2.05) is 0 Å². The van der Waals surface area contributed by atoms with Crippen molar-refractivity contribution in [2.24, 2.45) is 0 Å². The van der Waals surface area contributed by atoms with Crippen LogP contribution in [0.3, 0.4) is 0 Å². The molecule has 0 N–H and O–H groups in total. The first-order valence-electron chi connectivity index (χ1n) is 7.21. The fourth-order valence-electron chi connectivity index (χ4n) is 2.71. The van der Waals surface area contributed by atoms with Crippen molar-refractivity contribution in [2.75, 3.05) is 6.61 Å². The van der Waals surface area contributed by atoms with Crippen molar-refractivity contribution in [3.63, 3.8) is 0 Å². The van der Waals surface area contributed by atoms with Crippen LogP contribution in [0.2, 0.25) is 0 Å². The quantitative estimate of drug-likeness (QED) is 0.815. The number of carbonyl (C=O) groups excluding carboxylic acids is 1. The molecule has 23 heavy (non-hydrogen) atoms. The summed E-state index contributed by atoms with van der Waals surface area (Å²) in [6, 6.07) is 0.143. The maximum Gasteiger partial charge on any atom is 0.343 e. The van der Waals surface area contributed by atoms with Gasteiger partial charge in [-0.25, -0.2) is 18.0 Å². The number of hydrogen-bond donors (Lipinski definition) is 0. The number of rotatable bonds is 3. The Labute approximate surface area is 129 Å². The van der Waals surface area contributed by atoms with Gasteiger partial charge in [0.05, 0.1) is 18.2 Å². The number of aryl methyl sites for hydroxylation is 1. The van der Waals surface area contributed by atoms with Crippen molar-refractivity contribution in [3.05, 3.63) is 45.2 Å². The Morgan fingerprint density at radius 3 is 2.65 bits per heavy atom. The molecule has 2 atom stereocenters. The second-order valence-corrected chi connectivity index (χ2v) is 5.51. The van der Waals surface area contributed by atoms with Crippen LogP contribution in [0.4, 0.5) is 13.2 Å². The summed E-state index contributed by atoms with van der Waals surface area (Å²) in [6.45, 7) is 2.95. The summed E-state index contributed by atoms with van der Waals surface area (Å²) in [5.74, 6) is -3.15. The van der Waals surface area contributed by atoms with Gasteiger partial charge < -0.3 is 9.30 Å². The van der Waals surface area contributed by atoms with E-state index in [4.69, 9.17) is 4.74 Å². The van der Waals surface area contributed by atoms with E-state index < -0.39 is 35.2 Å². The molecule has 3 rings (SSSR count). The summed E-state index contributed by atoms with van der Waals surface area (Å²) in [7, 11) is 0. The second kappa shape index (κ2) is 5.40. The molecule has 2 aromatic rings. The highest BCUT2D eigenvalue weighted by molar-refractivity contribution is 5.94. The number of alkyl halides is 1. The maximum atomic E-state index is 13.9. The van der Waals surface area contributed by atoms with Crippen molar-refractivity contribution in [1.29, 1.82) is 0 Å². The molecule has 1 aliphatic carbocycles. The minimum atomic E-state index is -1.19. The average molecular weight is 325 g/mol. The van der Waals surface area contributed by atoms with Crippen molar-refractivity contribution in [1.82, 2.24) is 4.57 Å². The van der Waals surface area contributed by atoms with Crippen LogP contribution in [0.5, 0.6) is 0 Å². The Balaban J connectivity index is 2.38. The van der Waals surface area contributed by atoms with Crippen LogP contribution in [0.15, 0.2) is 17.1 Å². The van der Waals surface area contributed by atoms with Crippen LogP contribution < -0.4 is 5.43 Å². The molecular formula is C16H14F3NO3. The zero-order valence-corrected chi connectivity index (χ0v) is 12.5. The van der Waals surface area contributed by atoms with Gasteiger partial charge in [0.1, 0.15) is 11.7 Å². The molecule has 1 aromatic carbocycles. The lowest BCUT2D eigenvalue weighted by molar-refractivity contribution is 0.0524. The van der Waals surface area contributed by atoms with E-state index in [0.717, 1.165) is 6.07 Å². The largest absolute Gasteiger partial charge is 0.462 e. The molecule has 0 radical (unpaired) electrons. The third-order valence-corrected chi connectivity index (χ3v) is 3.97. The molecule has 0 saturated heterocycles. The molecule has 0 bridgehead atoms. The van der Waals surface area contributed by atoms with E-state index >= 15 is 0 Å². The van der Waals surface area contributed by atoms with Crippen LogP contribution in [0.1, 0.15) is 35.3 Å².